The van der Waals surface area contributed by atoms with Crippen molar-refractivity contribution in [3.05, 3.63) is 29.3 Å². The molecule has 1 aliphatic rings. The second-order valence-electron chi connectivity index (χ2n) is 5.40. The summed E-state index contributed by atoms with van der Waals surface area (Å²) in [5.41, 5.74) is 2.43. The van der Waals surface area contributed by atoms with Crippen molar-refractivity contribution in [3.8, 4) is 5.75 Å². The molecule has 1 heterocycles. The molecule has 1 aliphatic heterocycles. The molecule has 0 saturated carbocycles. The molecule has 0 saturated heterocycles. The second kappa shape index (κ2) is 8.03. The van der Waals surface area contributed by atoms with E-state index in [9.17, 15) is 4.79 Å². The normalized spacial score (nSPS) is 17.5. The van der Waals surface area contributed by atoms with Crippen LogP contribution in [0.3, 0.4) is 0 Å². The van der Waals surface area contributed by atoms with Crippen LogP contribution in [0.15, 0.2) is 18.2 Å². The first-order chi connectivity index (χ1) is 10.2. The minimum atomic E-state index is -0.111. The predicted octanol–water partition coefficient (Wildman–Crippen LogP) is 3.14. The Balaban J connectivity index is 1.89. The number of ether oxygens (including phenoxy) is 2. The van der Waals surface area contributed by atoms with Gasteiger partial charge in [-0.05, 0) is 45.2 Å². The van der Waals surface area contributed by atoms with Crippen molar-refractivity contribution in [1.82, 2.24) is 5.32 Å². The molecule has 0 bridgehead atoms. The predicted molar refractivity (Wildman–Crippen MR) is 82.5 cm³/mol. The van der Waals surface area contributed by atoms with Gasteiger partial charge in [0.05, 0.1) is 13.2 Å². The average molecular weight is 291 g/mol. The van der Waals surface area contributed by atoms with Crippen LogP contribution >= 0.6 is 0 Å². The van der Waals surface area contributed by atoms with Gasteiger partial charge in [-0.2, -0.15) is 0 Å². The lowest BCUT2D eigenvalue weighted by molar-refractivity contribution is -0.143. The molecule has 21 heavy (non-hydrogen) atoms. The molecule has 4 heteroatoms. The monoisotopic (exact) mass is 291 g/mol. The number of esters is 1. The lowest BCUT2D eigenvalue weighted by Crippen LogP contribution is -2.23. The van der Waals surface area contributed by atoms with Crippen LogP contribution in [0.25, 0.3) is 0 Å². The van der Waals surface area contributed by atoms with Gasteiger partial charge in [-0.3, -0.25) is 4.79 Å². The molecule has 1 atom stereocenters. The Morgan fingerprint density at radius 3 is 3.14 bits per heavy atom. The van der Waals surface area contributed by atoms with Gasteiger partial charge in [-0.15, -0.1) is 0 Å². The minimum Gasteiger partial charge on any atom is -0.493 e. The van der Waals surface area contributed by atoms with Crippen molar-refractivity contribution in [2.24, 2.45) is 0 Å². The molecule has 116 valence electrons. The maximum absolute atomic E-state index is 11.3. The first kappa shape index (κ1) is 15.8. The van der Waals surface area contributed by atoms with Crippen molar-refractivity contribution >= 4 is 5.97 Å². The highest BCUT2D eigenvalue weighted by Gasteiger charge is 2.20. The molecular formula is C17H25NO3. The van der Waals surface area contributed by atoms with Crippen LogP contribution in [0.5, 0.6) is 5.75 Å². The number of benzene rings is 1. The molecule has 0 spiro atoms. The number of carbonyl (C=O) groups excluding carboxylic acids is 1. The Morgan fingerprint density at radius 2 is 2.33 bits per heavy atom. The summed E-state index contributed by atoms with van der Waals surface area (Å²) in [7, 11) is 0. The van der Waals surface area contributed by atoms with Crippen LogP contribution in [0, 0.1) is 6.92 Å². The van der Waals surface area contributed by atoms with Gasteiger partial charge in [0, 0.05) is 18.0 Å². The van der Waals surface area contributed by atoms with Crippen molar-refractivity contribution in [3.63, 3.8) is 0 Å². The molecule has 1 aromatic carbocycles. The summed E-state index contributed by atoms with van der Waals surface area (Å²) in [6, 6.07) is 6.61. The van der Waals surface area contributed by atoms with Crippen molar-refractivity contribution in [1.29, 1.82) is 0 Å². The van der Waals surface area contributed by atoms with E-state index in [1.165, 1.54) is 11.1 Å². The van der Waals surface area contributed by atoms with E-state index in [0.717, 1.165) is 38.2 Å². The lowest BCUT2D eigenvalue weighted by Gasteiger charge is -2.19. The third-order valence-electron chi connectivity index (χ3n) is 3.76. The number of hydrogen-bond donors (Lipinski definition) is 1. The summed E-state index contributed by atoms with van der Waals surface area (Å²) < 4.78 is 10.8. The fourth-order valence-corrected chi connectivity index (χ4v) is 2.72. The van der Waals surface area contributed by atoms with Crippen LogP contribution < -0.4 is 10.1 Å². The van der Waals surface area contributed by atoms with Gasteiger partial charge in [0.15, 0.2) is 0 Å². The molecule has 2 rings (SSSR count). The molecule has 1 aromatic rings. The van der Waals surface area contributed by atoms with Crippen LogP contribution in [0.4, 0.5) is 0 Å². The average Bonchev–Trinajstić information content (AvgIpc) is 2.67. The second-order valence-corrected chi connectivity index (χ2v) is 5.40. The van der Waals surface area contributed by atoms with Gasteiger partial charge < -0.3 is 14.8 Å². The molecule has 4 nitrogen and oxygen atoms in total. The SMILES string of the molecule is CCOC(=O)CCCNC1CCCOc2c(C)cccc21. The van der Waals surface area contributed by atoms with Gasteiger partial charge in [0.25, 0.3) is 0 Å². The standard InChI is InChI=1S/C17H25NO3/c1-3-20-16(19)10-5-11-18-15-9-6-12-21-17-13(2)7-4-8-14(15)17/h4,7-8,15,18H,3,5-6,9-12H2,1-2H3. The smallest absolute Gasteiger partial charge is 0.305 e. The van der Waals surface area contributed by atoms with Crippen LogP contribution in [0.1, 0.15) is 49.8 Å². The zero-order valence-corrected chi connectivity index (χ0v) is 13.0. The Hall–Kier alpha value is -1.55. The highest BCUT2D eigenvalue weighted by molar-refractivity contribution is 5.69. The van der Waals surface area contributed by atoms with Crippen molar-refractivity contribution < 1.29 is 14.3 Å². The molecule has 0 aliphatic carbocycles. The third-order valence-corrected chi connectivity index (χ3v) is 3.76. The summed E-state index contributed by atoms with van der Waals surface area (Å²) in [5.74, 6) is 0.914. The van der Waals surface area contributed by atoms with Crippen molar-refractivity contribution in [2.75, 3.05) is 19.8 Å². The molecule has 1 unspecified atom stereocenters. The first-order valence-electron chi connectivity index (χ1n) is 7.83. The van der Waals surface area contributed by atoms with Crippen LogP contribution in [-0.4, -0.2) is 25.7 Å². The quantitative estimate of drug-likeness (QED) is 0.646. The lowest BCUT2D eigenvalue weighted by atomic mass is 9.99. The van der Waals surface area contributed by atoms with E-state index < -0.39 is 0 Å². The van der Waals surface area contributed by atoms with Gasteiger partial charge in [0.1, 0.15) is 5.75 Å². The largest absolute Gasteiger partial charge is 0.493 e. The molecule has 0 amide bonds. The molecule has 1 N–H and O–H groups in total. The fourth-order valence-electron chi connectivity index (χ4n) is 2.72. The zero-order chi connectivity index (χ0) is 15.1. The summed E-state index contributed by atoms with van der Waals surface area (Å²) in [6.07, 6.45) is 3.39. The van der Waals surface area contributed by atoms with E-state index in [4.69, 9.17) is 9.47 Å². The summed E-state index contributed by atoms with van der Waals surface area (Å²) >= 11 is 0. The van der Waals surface area contributed by atoms with E-state index in [1.807, 2.05) is 6.92 Å². The van der Waals surface area contributed by atoms with E-state index in [1.54, 1.807) is 0 Å². The highest BCUT2D eigenvalue weighted by atomic mass is 16.5. The van der Waals surface area contributed by atoms with E-state index in [0.29, 0.717) is 19.1 Å². The van der Waals surface area contributed by atoms with E-state index >= 15 is 0 Å². The van der Waals surface area contributed by atoms with E-state index in [-0.39, 0.29) is 5.97 Å². The molecular weight excluding hydrogens is 266 g/mol. The van der Waals surface area contributed by atoms with Gasteiger partial charge in [-0.25, -0.2) is 0 Å². The number of hydrogen-bond acceptors (Lipinski definition) is 4. The third kappa shape index (κ3) is 4.46. The topological polar surface area (TPSA) is 47.6 Å². The Kier molecular flexibility index (Phi) is 6.05. The molecule has 0 radical (unpaired) electrons. The Labute approximate surface area is 126 Å². The maximum atomic E-state index is 11.3. The summed E-state index contributed by atoms with van der Waals surface area (Å²) in [6.45, 7) is 5.97. The number of para-hydroxylation sites is 1. The Bertz CT molecular complexity index is 473. The van der Waals surface area contributed by atoms with Crippen LogP contribution in [0.2, 0.25) is 0 Å². The van der Waals surface area contributed by atoms with E-state index in [2.05, 4.69) is 30.4 Å². The van der Waals surface area contributed by atoms with Gasteiger partial charge in [0.2, 0.25) is 0 Å². The highest BCUT2D eigenvalue weighted by Crippen LogP contribution is 2.33. The van der Waals surface area contributed by atoms with Gasteiger partial charge >= 0.3 is 5.97 Å². The summed E-state index contributed by atoms with van der Waals surface area (Å²) in [4.78, 5) is 11.3. The number of aryl methyl sites for hydroxylation is 1. The van der Waals surface area contributed by atoms with Crippen LogP contribution in [-0.2, 0) is 9.53 Å². The number of fused-ring (bicyclic) bond motifs is 1. The minimum absolute atomic E-state index is 0.111. The zero-order valence-electron chi connectivity index (χ0n) is 13.0. The van der Waals surface area contributed by atoms with Gasteiger partial charge in [-0.1, -0.05) is 18.2 Å². The maximum Gasteiger partial charge on any atom is 0.305 e. The molecule has 0 aromatic heterocycles. The number of nitrogens with one attached hydrogen (secondary N) is 1. The Morgan fingerprint density at radius 1 is 1.48 bits per heavy atom. The fraction of sp³-hybridized carbons (Fsp3) is 0.588. The number of carbonyl (C=O) groups is 1. The molecule has 0 fully saturated rings. The first-order valence-corrected chi connectivity index (χ1v) is 7.83. The number of rotatable bonds is 6. The van der Waals surface area contributed by atoms with Crippen molar-refractivity contribution in [2.45, 2.75) is 45.6 Å². The summed E-state index contributed by atoms with van der Waals surface area (Å²) in [5, 5.41) is 3.55.